The van der Waals surface area contributed by atoms with Crippen LogP contribution in [0.2, 0.25) is 5.02 Å². The van der Waals surface area contributed by atoms with Crippen LogP contribution in [0.15, 0.2) is 42.5 Å². The van der Waals surface area contributed by atoms with Gasteiger partial charge in [-0.3, -0.25) is 10.0 Å². The van der Waals surface area contributed by atoms with E-state index in [1.165, 1.54) is 0 Å². The van der Waals surface area contributed by atoms with E-state index in [9.17, 15) is 4.79 Å². The van der Waals surface area contributed by atoms with Gasteiger partial charge >= 0.3 is 0 Å². The number of nitrogens with one attached hydrogen (secondary N) is 1. The second-order valence-corrected chi connectivity index (χ2v) is 5.77. The normalized spacial score (nSPS) is 14.7. The molecule has 0 radical (unpaired) electrons. The molecule has 120 valence electrons. The molecule has 2 aromatic carbocycles. The summed E-state index contributed by atoms with van der Waals surface area (Å²) in [5, 5.41) is 9.53. The second-order valence-electron chi connectivity index (χ2n) is 5.36. The third kappa shape index (κ3) is 2.98. The molecule has 0 saturated carbocycles. The third-order valence-electron chi connectivity index (χ3n) is 4.04. The van der Waals surface area contributed by atoms with E-state index in [1.54, 1.807) is 23.7 Å². The topological polar surface area (TPSA) is 61.8 Å². The Morgan fingerprint density at radius 1 is 1.35 bits per heavy atom. The summed E-state index contributed by atoms with van der Waals surface area (Å²) < 4.78 is 5.67. The zero-order valence-electron chi connectivity index (χ0n) is 12.6. The lowest BCUT2D eigenvalue weighted by Gasteiger charge is -2.36. The van der Waals surface area contributed by atoms with Crippen molar-refractivity contribution in [2.45, 2.75) is 13.0 Å². The van der Waals surface area contributed by atoms with Crippen molar-refractivity contribution in [1.82, 2.24) is 5.48 Å². The molecule has 1 unspecified atom stereocenters. The van der Waals surface area contributed by atoms with Crippen molar-refractivity contribution in [3.05, 3.63) is 58.6 Å². The first-order valence-electron chi connectivity index (χ1n) is 7.34. The highest BCUT2D eigenvalue weighted by atomic mass is 35.5. The van der Waals surface area contributed by atoms with E-state index in [-0.39, 0.29) is 6.04 Å². The Labute approximate surface area is 139 Å². The predicted molar refractivity (Wildman–Crippen MR) is 88.4 cm³/mol. The van der Waals surface area contributed by atoms with Crippen molar-refractivity contribution >= 4 is 23.2 Å². The summed E-state index contributed by atoms with van der Waals surface area (Å²) in [5.41, 5.74) is 3.85. The fourth-order valence-electron chi connectivity index (χ4n) is 2.83. The molecule has 1 atom stereocenters. The highest BCUT2D eigenvalue weighted by Crippen LogP contribution is 2.39. The lowest BCUT2D eigenvalue weighted by molar-refractivity contribution is 0.0706. The Bertz CT molecular complexity index is 736. The van der Waals surface area contributed by atoms with Crippen LogP contribution in [0.5, 0.6) is 5.75 Å². The van der Waals surface area contributed by atoms with Gasteiger partial charge in [0.1, 0.15) is 12.4 Å². The van der Waals surface area contributed by atoms with Crippen LogP contribution in [-0.2, 0) is 0 Å². The molecule has 1 aliphatic heterocycles. The molecule has 3 rings (SSSR count). The van der Waals surface area contributed by atoms with Crippen molar-refractivity contribution in [2.75, 3.05) is 18.1 Å². The number of amides is 1. The first-order valence-corrected chi connectivity index (χ1v) is 7.72. The number of anilines is 1. The molecular weight excluding hydrogens is 316 g/mol. The molecule has 1 amide bonds. The van der Waals surface area contributed by atoms with E-state index < -0.39 is 5.91 Å². The van der Waals surface area contributed by atoms with E-state index in [0.29, 0.717) is 29.5 Å². The lowest BCUT2D eigenvalue weighted by atomic mass is 10.0. The molecule has 0 aromatic heterocycles. The summed E-state index contributed by atoms with van der Waals surface area (Å²) in [5.74, 6) is 0.161. The summed E-state index contributed by atoms with van der Waals surface area (Å²) >= 11 is 6.31. The van der Waals surface area contributed by atoms with Crippen molar-refractivity contribution in [3.63, 3.8) is 0 Å². The third-order valence-corrected chi connectivity index (χ3v) is 4.39. The number of carbonyl (C=O) groups excluding carboxylic acids is 1. The first-order chi connectivity index (χ1) is 11.1. The number of halogens is 1. The minimum Gasteiger partial charge on any atom is -0.490 e. The molecule has 0 spiro atoms. The van der Waals surface area contributed by atoms with Crippen molar-refractivity contribution in [3.8, 4) is 5.75 Å². The van der Waals surface area contributed by atoms with Gasteiger partial charge in [0.25, 0.3) is 5.91 Å². The number of hydrogen-bond acceptors (Lipinski definition) is 4. The molecule has 0 bridgehead atoms. The maximum Gasteiger partial charge on any atom is 0.274 e. The van der Waals surface area contributed by atoms with Crippen LogP contribution in [0.4, 0.5) is 5.69 Å². The Balaban J connectivity index is 2.00. The molecule has 0 saturated heterocycles. The van der Waals surface area contributed by atoms with Crippen LogP contribution in [0.25, 0.3) is 0 Å². The van der Waals surface area contributed by atoms with Gasteiger partial charge < -0.3 is 9.64 Å². The number of fused-ring (bicyclic) bond motifs is 1. The van der Waals surface area contributed by atoms with E-state index in [2.05, 4.69) is 11.8 Å². The molecule has 2 N–H and O–H groups in total. The van der Waals surface area contributed by atoms with Crippen LogP contribution < -0.4 is 15.1 Å². The molecule has 6 heteroatoms. The quantitative estimate of drug-likeness (QED) is 0.668. The summed E-state index contributed by atoms with van der Waals surface area (Å²) in [4.78, 5) is 13.8. The van der Waals surface area contributed by atoms with Crippen LogP contribution in [0.3, 0.4) is 0 Å². The second kappa shape index (κ2) is 6.48. The van der Waals surface area contributed by atoms with Gasteiger partial charge in [0.15, 0.2) is 0 Å². The summed E-state index contributed by atoms with van der Waals surface area (Å²) in [6.07, 6.45) is 0. The maximum absolute atomic E-state index is 11.7. The van der Waals surface area contributed by atoms with Crippen LogP contribution in [0.1, 0.15) is 28.9 Å². The SMILES string of the molecule is CC(c1ccccc1Cl)N1CCOc2ccc(C(=O)NO)cc21. The minimum atomic E-state index is -0.552. The van der Waals surface area contributed by atoms with E-state index in [4.69, 9.17) is 21.5 Å². The zero-order valence-corrected chi connectivity index (χ0v) is 13.4. The number of ether oxygens (including phenoxy) is 1. The van der Waals surface area contributed by atoms with Crippen LogP contribution >= 0.6 is 11.6 Å². The fraction of sp³-hybridized carbons (Fsp3) is 0.235. The van der Waals surface area contributed by atoms with Gasteiger partial charge in [-0.25, -0.2) is 5.48 Å². The Hall–Kier alpha value is -2.24. The number of rotatable bonds is 3. The Morgan fingerprint density at radius 3 is 2.87 bits per heavy atom. The van der Waals surface area contributed by atoms with Gasteiger partial charge in [-0.1, -0.05) is 29.8 Å². The number of carbonyl (C=O) groups is 1. The van der Waals surface area contributed by atoms with Gasteiger partial charge in [-0.2, -0.15) is 0 Å². The number of benzene rings is 2. The molecule has 23 heavy (non-hydrogen) atoms. The molecule has 2 aromatic rings. The van der Waals surface area contributed by atoms with Gasteiger partial charge in [0.05, 0.1) is 18.3 Å². The molecule has 1 heterocycles. The number of hydrogen-bond donors (Lipinski definition) is 2. The average Bonchev–Trinajstić information content (AvgIpc) is 2.60. The Morgan fingerprint density at radius 2 is 2.13 bits per heavy atom. The monoisotopic (exact) mass is 332 g/mol. The molecule has 5 nitrogen and oxygen atoms in total. The Kier molecular flexibility index (Phi) is 4.41. The molecular formula is C17H17ClN2O3. The van der Waals surface area contributed by atoms with Crippen LogP contribution in [0, 0.1) is 0 Å². The molecule has 0 aliphatic carbocycles. The largest absolute Gasteiger partial charge is 0.490 e. The average molecular weight is 333 g/mol. The first kappa shape index (κ1) is 15.6. The summed E-state index contributed by atoms with van der Waals surface area (Å²) in [7, 11) is 0. The summed E-state index contributed by atoms with van der Waals surface area (Å²) in [6, 6.07) is 12.8. The van der Waals surface area contributed by atoms with Gasteiger partial charge in [0.2, 0.25) is 0 Å². The van der Waals surface area contributed by atoms with Gasteiger partial charge in [0, 0.05) is 10.6 Å². The summed E-state index contributed by atoms with van der Waals surface area (Å²) in [6.45, 7) is 3.31. The highest BCUT2D eigenvalue weighted by molar-refractivity contribution is 6.31. The van der Waals surface area contributed by atoms with Crippen molar-refractivity contribution < 1.29 is 14.7 Å². The minimum absolute atomic E-state index is 0.0267. The molecule has 0 fully saturated rings. The van der Waals surface area contributed by atoms with Gasteiger partial charge in [-0.05, 0) is 36.8 Å². The van der Waals surface area contributed by atoms with E-state index in [1.807, 2.05) is 24.3 Å². The smallest absolute Gasteiger partial charge is 0.274 e. The van der Waals surface area contributed by atoms with Crippen LogP contribution in [-0.4, -0.2) is 24.3 Å². The zero-order chi connectivity index (χ0) is 16.4. The molecule has 1 aliphatic rings. The van der Waals surface area contributed by atoms with E-state index >= 15 is 0 Å². The van der Waals surface area contributed by atoms with Gasteiger partial charge in [-0.15, -0.1) is 0 Å². The standard InChI is InChI=1S/C17H17ClN2O3/c1-11(13-4-2-3-5-14(13)18)20-8-9-23-16-7-6-12(10-15(16)20)17(21)19-22/h2-7,10-11,22H,8-9H2,1H3,(H,19,21). The highest BCUT2D eigenvalue weighted by Gasteiger charge is 2.25. The van der Waals surface area contributed by atoms with Crippen molar-refractivity contribution in [1.29, 1.82) is 0 Å². The van der Waals surface area contributed by atoms with Crippen molar-refractivity contribution in [2.24, 2.45) is 0 Å². The lowest BCUT2D eigenvalue weighted by Crippen LogP contribution is -2.35. The fourth-order valence-corrected chi connectivity index (χ4v) is 3.12. The maximum atomic E-state index is 11.7. The number of hydroxylamine groups is 1. The predicted octanol–water partition coefficient (Wildman–Crippen LogP) is 3.42. The van der Waals surface area contributed by atoms with E-state index in [0.717, 1.165) is 11.3 Å². The number of nitrogens with zero attached hydrogens (tertiary/aromatic N) is 1.